The van der Waals surface area contributed by atoms with Crippen LogP contribution in [0.25, 0.3) is 0 Å². The van der Waals surface area contributed by atoms with Gasteiger partial charge in [-0.3, -0.25) is 0 Å². The molecule has 0 bridgehead atoms. The van der Waals surface area contributed by atoms with Crippen LogP contribution in [0.5, 0.6) is 0 Å². The molecule has 0 aliphatic rings. The summed E-state index contributed by atoms with van der Waals surface area (Å²) in [6.45, 7) is 0. The number of thioether (sulfide) groups is 1. The van der Waals surface area contributed by atoms with Gasteiger partial charge in [-0.25, -0.2) is 4.98 Å². The predicted molar refractivity (Wildman–Crippen MR) is 75.3 cm³/mol. The summed E-state index contributed by atoms with van der Waals surface area (Å²) in [5.41, 5.74) is 1.12. The van der Waals surface area contributed by atoms with Gasteiger partial charge in [0.2, 0.25) is 0 Å². The van der Waals surface area contributed by atoms with Gasteiger partial charge in [0.05, 0.1) is 10.0 Å². The zero-order valence-corrected chi connectivity index (χ0v) is 11.7. The van der Waals surface area contributed by atoms with Gasteiger partial charge in [-0.2, -0.15) is 0 Å². The Hall–Kier alpha value is -0.410. The highest BCUT2D eigenvalue weighted by atomic mass is 35.5. The molecule has 0 amide bonds. The Morgan fingerprint density at radius 1 is 1.00 bits per heavy atom. The minimum absolute atomic E-state index is 0.508. The molecule has 2 aromatic rings. The van der Waals surface area contributed by atoms with Gasteiger partial charge in [0.25, 0.3) is 0 Å². The maximum absolute atomic E-state index is 5.94. The van der Waals surface area contributed by atoms with Crippen molar-refractivity contribution in [3.05, 3.63) is 57.3 Å². The van der Waals surface area contributed by atoms with E-state index in [0.717, 1.165) is 16.2 Å². The van der Waals surface area contributed by atoms with Crippen LogP contribution in [0.1, 0.15) is 5.56 Å². The van der Waals surface area contributed by atoms with Crippen LogP contribution >= 0.6 is 46.6 Å². The molecule has 0 aliphatic heterocycles. The van der Waals surface area contributed by atoms with Crippen molar-refractivity contribution in [3.63, 3.8) is 0 Å². The highest BCUT2D eigenvalue weighted by Gasteiger charge is 2.01. The first-order valence-electron chi connectivity index (χ1n) is 4.83. The second-order valence-corrected chi connectivity index (χ2v) is 5.60. The Labute approximate surface area is 119 Å². The van der Waals surface area contributed by atoms with Crippen LogP contribution in [-0.2, 0) is 5.75 Å². The smallest absolute Gasteiger partial charge is 0.129 e. The summed E-state index contributed by atoms with van der Waals surface area (Å²) >= 11 is 19.2. The molecule has 2 rings (SSSR count). The van der Waals surface area contributed by atoms with Crippen LogP contribution < -0.4 is 0 Å². The Balaban J connectivity index is 2.02. The Bertz CT molecular complexity index is 514. The number of hydrogen-bond acceptors (Lipinski definition) is 2. The summed E-state index contributed by atoms with van der Waals surface area (Å²) in [5.74, 6) is 0.822. The fraction of sp³-hybridized carbons (Fsp3) is 0.0833. The minimum atomic E-state index is 0.508. The Kier molecular flexibility index (Phi) is 4.57. The molecule has 0 saturated heterocycles. The van der Waals surface area contributed by atoms with Crippen molar-refractivity contribution in [2.75, 3.05) is 0 Å². The van der Waals surface area contributed by atoms with Gasteiger partial charge in [-0.1, -0.05) is 40.9 Å². The van der Waals surface area contributed by atoms with Gasteiger partial charge in [0, 0.05) is 16.8 Å². The number of hydrogen-bond donors (Lipinski definition) is 0. The molecular weight excluding hydrogens is 297 g/mol. The molecule has 0 aliphatic carbocycles. The molecule has 1 aromatic carbocycles. The summed E-state index contributed by atoms with van der Waals surface area (Å²) in [6.07, 6.45) is 1.77. The van der Waals surface area contributed by atoms with Gasteiger partial charge in [-0.15, -0.1) is 11.8 Å². The third-order valence-electron chi connectivity index (χ3n) is 2.09. The quantitative estimate of drug-likeness (QED) is 0.561. The van der Waals surface area contributed by atoms with Crippen molar-refractivity contribution >= 4 is 46.6 Å². The first-order valence-corrected chi connectivity index (χ1v) is 6.95. The fourth-order valence-electron chi connectivity index (χ4n) is 1.23. The van der Waals surface area contributed by atoms with Crippen LogP contribution in [0.2, 0.25) is 15.2 Å². The molecule has 0 unspecified atom stereocenters. The molecule has 0 spiro atoms. The van der Waals surface area contributed by atoms with Gasteiger partial charge in [0.15, 0.2) is 0 Å². The molecule has 1 heterocycles. The van der Waals surface area contributed by atoms with E-state index in [1.807, 2.05) is 18.2 Å². The van der Waals surface area contributed by atoms with E-state index in [1.54, 1.807) is 30.1 Å². The maximum Gasteiger partial charge on any atom is 0.129 e. The van der Waals surface area contributed by atoms with E-state index >= 15 is 0 Å². The first kappa shape index (κ1) is 13.0. The van der Waals surface area contributed by atoms with E-state index in [9.17, 15) is 0 Å². The molecule has 17 heavy (non-hydrogen) atoms. The van der Waals surface area contributed by atoms with E-state index in [0.29, 0.717) is 15.2 Å². The van der Waals surface area contributed by atoms with E-state index in [1.165, 1.54) is 0 Å². The Morgan fingerprint density at radius 2 is 1.82 bits per heavy atom. The average molecular weight is 305 g/mol. The third-order valence-corrected chi connectivity index (χ3v) is 4.11. The van der Waals surface area contributed by atoms with Gasteiger partial charge in [0.1, 0.15) is 5.15 Å². The summed E-state index contributed by atoms with van der Waals surface area (Å²) in [7, 11) is 0. The largest absolute Gasteiger partial charge is 0.244 e. The monoisotopic (exact) mass is 303 g/mol. The number of nitrogens with zero attached hydrogens (tertiary/aromatic N) is 1. The minimum Gasteiger partial charge on any atom is -0.244 e. The van der Waals surface area contributed by atoms with Crippen molar-refractivity contribution in [3.8, 4) is 0 Å². The van der Waals surface area contributed by atoms with E-state index in [2.05, 4.69) is 4.98 Å². The lowest BCUT2D eigenvalue weighted by atomic mass is 10.3. The lowest BCUT2D eigenvalue weighted by Crippen LogP contribution is -1.83. The average Bonchev–Trinajstić information content (AvgIpc) is 2.33. The van der Waals surface area contributed by atoms with Crippen LogP contribution in [0, 0.1) is 0 Å². The second kappa shape index (κ2) is 5.96. The van der Waals surface area contributed by atoms with Crippen LogP contribution in [0.15, 0.2) is 41.4 Å². The third kappa shape index (κ3) is 3.78. The molecule has 0 N–H and O–H groups in total. The fourth-order valence-corrected chi connectivity index (χ4v) is 2.57. The molecule has 0 saturated carbocycles. The lowest BCUT2D eigenvalue weighted by molar-refractivity contribution is 1.25. The first-order chi connectivity index (χ1) is 8.15. The summed E-state index contributed by atoms with van der Waals surface area (Å²) in [6, 6.07) is 9.35. The van der Waals surface area contributed by atoms with Gasteiger partial charge < -0.3 is 0 Å². The van der Waals surface area contributed by atoms with E-state index < -0.39 is 0 Å². The molecule has 5 heteroatoms. The van der Waals surface area contributed by atoms with Crippen molar-refractivity contribution in [2.45, 2.75) is 10.6 Å². The molecule has 1 aromatic heterocycles. The summed E-state index contributed by atoms with van der Waals surface area (Å²) in [4.78, 5) is 5.11. The zero-order valence-electron chi connectivity index (χ0n) is 8.66. The molecule has 0 radical (unpaired) electrons. The highest BCUT2D eigenvalue weighted by molar-refractivity contribution is 7.98. The lowest BCUT2D eigenvalue weighted by Gasteiger charge is -2.03. The molecule has 1 nitrogen and oxygen atoms in total. The van der Waals surface area contributed by atoms with Crippen LogP contribution in [-0.4, -0.2) is 4.98 Å². The highest BCUT2D eigenvalue weighted by Crippen LogP contribution is 2.29. The Morgan fingerprint density at radius 3 is 2.47 bits per heavy atom. The number of aromatic nitrogens is 1. The van der Waals surface area contributed by atoms with Crippen molar-refractivity contribution in [1.82, 2.24) is 4.98 Å². The van der Waals surface area contributed by atoms with Crippen LogP contribution in [0.3, 0.4) is 0 Å². The van der Waals surface area contributed by atoms with Crippen LogP contribution in [0.4, 0.5) is 0 Å². The zero-order chi connectivity index (χ0) is 12.3. The number of pyridine rings is 1. The van der Waals surface area contributed by atoms with Crippen molar-refractivity contribution in [1.29, 1.82) is 0 Å². The van der Waals surface area contributed by atoms with Gasteiger partial charge >= 0.3 is 0 Å². The maximum atomic E-state index is 5.94. The number of halogens is 3. The SMILES string of the molecule is Clc1ccc(CSc2ccc(Cl)c(Cl)c2)cn1. The summed E-state index contributed by atoms with van der Waals surface area (Å²) < 4.78 is 0. The predicted octanol–water partition coefficient (Wildman–Crippen LogP) is 5.33. The molecule has 88 valence electrons. The normalized spacial score (nSPS) is 10.5. The number of rotatable bonds is 3. The van der Waals surface area contributed by atoms with Gasteiger partial charge in [-0.05, 0) is 29.8 Å². The van der Waals surface area contributed by atoms with E-state index in [4.69, 9.17) is 34.8 Å². The molecular formula is C12H8Cl3NS. The standard InChI is InChI=1S/C12H8Cl3NS/c13-10-3-2-9(5-11(10)14)17-7-8-1-4-12(15)16-6-8/h1-6H,7H2. The van der Waals surface area contributed by atoms with Crippen molar-refractivity contribution in [2.24, 2.45) is 0 Å². The topological polar surface area (TPSA) is 12.9 Å². The number of benzene rings is 1. The molecule has 0 fully saturated rings. The summed E-state index contributed by atoms with van der Waals surface area (Å²) in [5, 5.41) is 1.66. The van der Waals surface area contributed by atoms with Crippen molar-refractivity contribution < 1.29 is 0 Å². The van der Waals surface area contributed by atoms with E-state index in [-0.39, 0.29) is 0 Å². The molecule has 0 atom stereocenters. The second-order valence-electron chi connectivity index (χ2n) is 3.35.